The summed E-state index contributed by atoms with van der Waals surface area (Å²) in [5.74, 6) is 0. The summed E-state index contributed by atoms with van der Waals surface area (Å²) in [4.78, 5) is 2.36. The van der Waals surface area contributed by atoms with Crippen molar-refractivity contribution >= 4 is 60.5 Å². The second kappa shape index (κ2) is 12.9. The number of aryl methyl sites for hydroxylation is 2. The topological polar surface area (TPSA) is 16.4 Å². The van der Waals surface area contributed by atoms with Crippen molar-refractivity contribution in [3.8, 4) is 33.4 Å². The molecule has 0 saturated heterocycles. The van der Waals surface area contributed by atoms with Gasteiger partial charge >= 0.3 is 0 Å². The van der Waals surface area contributed by atoms with Gasteiger partial charge in [-0.1, -0.05) is 127 Å². The van der Waals surface area contributed by atoms with Gasteiger partial charge in [0.25, 0.3) is 0 Å². The molecule has 0 amide bonds. The Labute approximate surface area is 315 Å². The summed E-state index contributed by atoms with van der Waals surface area (Å²) in [5, 5.41) is 7.30. The standard InChI is InChI=1S/C52H37NO/c1-34-17-28-51-49(29-34)50-31-35(2)30-48(52(50)54-51)39-22-26-44(27-23-39)53(43-24-20-37(21-25-43)41-19-18-36-9-3-4-11-40(36)32-41)45-14-7-13-42(33-45)47-16-8-12-38-10-5-6-15-46(38)47/h3-33H,1-2H3. The Hall–Kier alpha value is -6.90. The van der Waals surface area contributed by atoms with E-state index in [1.54, 1.807) is 0 Å². The third-order valence-corrected chi connectivity index (χ3v) is 10.7. The molecule has 0 N–H and O–H groups in total. The molecule has 2 heteroatoms. The van der Waals surface area contributed by atoms with Crippen molar-refractivity contribution in [1.82, 2.24) is 0 Å². The Kier molecular flexibility index (Phi) is 7.63. The second-order valence-electron chi connectivity index (χ2n) is 14.4. The summed E-state index contributed by atoms with van der Waals surface area (Å²) in [5.41, 5.74) is 14.6. The van der Waals surface area contributed by atoms with Crippen molar-refractivity contribution in [3.05, 3.63) is 199 Å². The van der Waals surface area contributed by atoms with E-state index < -0.39 is 0 Å². The summed E-state index contributed by atoms with van der Waals surface area (Å²) >= 11 is 0. The minimum atomic E-state index is 0.920. The van der Waals surface area contributed by atoms with Crippen LogP contribution in [0, 0.1) is 13.8 Å². The molecule has 0 aliphatic carbocycles. The van der Waals surface area contributed by atoms with E-state index in [1.165, 1.54) is 54.9 Å². The van der Waals surface area contributed by atoms with Gasteiger partial charge in [0.15, 0.2) is 0 Å². The van der Waals surface area contributed by atoms with Gasteiger partial charge in [-0.05, 0) is 136 Å². The zero-order valence-corrected chi connectivity index (χ0v) is 30.3. The molecule has 256 valence electrons. The summed E-state index contributed by atoms with van der Waals surface area (Å²) in [7, 11) is 0. The fourth-order valence-corrected chi connectivity index (χ4v) is 8.05. The van der Waals surface area contributed by atoms with Gasteiger partial charge in [-0.2, -0.15) is 0 Å². The highest BCUT2D eigenvalue weighted by molar-refractivity contribution is 6.10. The maximum absolute atomic E-state index is 6.51. The highest BCUT2D eigenvalue weighted by atomic mass is 16.3. The van der Waals surface area contributed by atoms with Crippen molar-refractivity contribution in [1.29, 1.82) is 0 Å². The van der Waals surface area contributed by atoms with Gasteiger partial charge in [0, 0.05) is 33.4 Å². The molecule has 0 fully saturated rings. The van der Waals surface area contributed by atoms with E-state index in [2.05, 4.69) is 207 Å². The average molecular weight is 692 g/mol. The molecule has 54 heavy (non-hydrogen) atoms. The van der Waals surface area contributed by atoms with Gasteiger partial charge in [-0.25, -0.2) is 0 Å². The second-order valence-corrected chi connectivity index (χ2v) is 14.4. The van der Waals surface area contributed by atoms with Crippen LogP contribution in [0.4, 0.5) is 17.1 Å². The van der Waals surface area contributed by atoms with E-state index in [0.717, 1.165) is 50.1 Å². The summed E-state index contributed by atoms with van der Waals surface area (Å²) < 4.78 is 6.51. The maximum atomic E-state index is 6.51. The van der Waals surface area contributed by atoms with Crippen molar-refractivity contribution in [2.45, 2.75) is 13.8 Å². The number of hydrogen-bond donors (Lipinski definition) is 0. The number of anilines is 3. The number of nitrogens with zero attached hydrogens (tertiary/aromatic N) is 1. The van der Waals surface area contributed by atoms with Crippen LogP contribution in [0.25, 0.3) is 76.9 Å². The molecule has 0 bridgehead atoms. The molecule has 0 atom stereocenters. The van der Waals surface area contributed by atoms with Crippen LogP contribution in [0.5, 0.6) is 0 Å². The predicted molar refractivity (Wildman–Crippen MR) is 229 cm³/mol. The lowest BCUT2D eigenvalue weighted by Gasteiger charge is -2.26. The number of hydrogen-bond acceptors (Lipinski definition) is 2. The quantitative estimate of drug-likeness (QED) is 0.173. The highest BCUT2D eigenvalue weighted by Gasteiger charge is 2.17. The lowest BCUT2D eigenvalue weighted by Crippen LogP contribution is -2.10. The zero-order chi connectivity index (χ0) is 36.2. The molecule has 1 aromatic heterocycles. The molecule has 1 heterocycles. The third-order valence-electron chi connectivity index (χ3n) is 10.7. The average Bonchev–Trinajstić information content (AvgIpc) is 3.58. The first-order valence-corrected chi connectivity index (χ1v) is 18.6. The monoisotopic (exact) mass is 691 g/mol. The minimum Gasteiger partial charge on any atom is -0.455 e. The number of fused-ring (bicyclic) bond motifs is 5. The first kappa shape index (κ1) is 31.8. The normalized spacial score (nSPS) is 11.5. The van der Waals surface area contributed by atoms with Gasteiger partial charge in [-0.3, -0.25) is 0 Å². The molecule has 0 aliphatic rings. The van der Waals surface area contributed by atoms with E-state index in [4.69, 9.17) is 4.42 Å². The Morgan fingerprint density at radius 3 is 1.83 bits per heavy atom. The lowest BCUT2D eigenvalue weighted by molar-refractivity contribution is 0.670. The number of rotatable bonds is 6. The molecular formula is C52H37NO. The fourth-order valence-electron chi connectivity index (χ4n) is 8.05. The molecule has 10 aromatic rings. The lowest BCUT2D eigenvalue weighted by atomic mass is 9.97. The van der Waals surface area contributed by atoms with Gasteiger partial charge in [-0.15, -0.1) is 0 Å². The van der Waals surface area contributed by atoms with Crippen LogP contribution in [0.2, 0.25) is 0 Å². The van der Waals surface area contributed by atoms with Crippen LogP contribution in [0.3, 0.4) is 0 Å². The summed E-state index contributed by atoms with van der Waals surface area (Å²) in [6, 6.07) is 68.1. The van der Waals surface area contributed by atoms with E-state index >= 15 is 0 Å². The van der Waals surface area contributed by atoms with Crippen LogP contribution < -0.4 is 4.90 Å². The Bertz CT molecular complexity index is 3000. The van der Waals surface area contributed by atoms with Gasteiger partial charge < -0.3 is 9.32 Å². The zero-order valence-electron chi connectivity index (χ0n) is 30.3. The molecule has 0 saturated carbocycles. The van der Waals surface area contributed by atoms with Gasteiger partial charge in [0.05, 0.1) is 0 Å². The van der Waals surface area contributed by atoms with Crippen molar-refractivity contribution in [2.75, 3.05) is 4.90 Å². The van der Waals surface area contributed by atoms with E-state index in [0.29, 0.717) is 0 Å². The third kappa shape index (κ3) is 5.60. The Balaban J connectivity index is 1.09. The van der Waals surface area contributed by atoms with E-state index in [1.807, 2.05) is 0 Å². The maximum Gasteiger partial charge on any atom is 0.143 e. The van der Waals surface area contributed by atoms with Crippen molar-refractivity contribution in [3.63, 3.8) is 0 Å². The summed E-state index contributed by atoms with van der Waals surface area (Å²) in [6.45, 7) is 4.30. The van der Waals surface area contributed by atoms with E-state index in [9.17, 15) is 0 Å². The molecule has 0 unspecified atom stereocenters. The van der Waals surface area contributed by atoms with Gasteiger partial charge in [0.2, 0.25) is 0 Å². The van der Waals surface area contributed by atoms with Crippen LogP contribution in [-0.4, -0.2) is 0 Å². The fraction of sp³-hybridized carbons (Fsp3) is 0.0385. The molecule has 0 aliphatic heterocycles. The minimum absolute atomic E-state index is 0.920. The van der Waals surface area contributed by atoms with Crippen LogP contribution in [-0.2, 0) is 0 Å². The number of benzene rings is 9. The number of furan rings is 1. The first-order chi connectivity index (χ1) is 26.6. The summed E-state index contributed by atoms with van der Waals surface area (Å²) in [6.07, 6.45) is 0. The smallest absolute Gasteiger partial charge is 0.143 e. The first-order valence-electron chi connectivity index (χ1n) is 18.6. The van der Waals surface area contributed by atoms with Crippen molar-refractivity contribution < 1.29 is 4.42 Å². The molecule has 0 spiro atoms. The largest absolute Gasteiger partial charge is 0.455 e. The molecule has 10 rings (SSSR count). The predicted octanol–water partition coefficient (Wildman–Crippen LogP) is 15.0. The molecule has 9 aromatic carbocycles. The SMILES string of the molecule is Cc1ccc2oc3c(-c4ccc(N(c5ccc(-c6ccc7ccccc7c6)cc5)c5cccc(-c6cccc7ccccc67)c5)cc4)cc(C)cc3c2c1. The van der Waals surface area contributed by atoms with Crippen LogP contribution >= 0.6 is 0 Å². The van der Waals surface area contributed by atoms with Gasteiger partial charge in [0.1, 0.15) is 11.2 Å². The Morgan fingerprint density at radius 2 is 1.02 bits per heavy atom. The molecule has 0 radical (unpaired) electrons. The molecule has 2 nitrogen and oxygen atoms in total. The van der Waals surface area contributed by atoms with Crippen molar-refractivity contribution in [2.24, 2.45) is 0 Å². The van der Waals surface area contributed by atoms with Crippen LogP contribution in [0.1, 0.15) is 11.1 Å². The Morgan fingerprint density at radius 1 is 0.352 bits per heavy atom. The highest BCUT2D eigenvalue weighted by Crippen LogP contribution is 2.41. The van der Waals surface area contributed by atoms with Crippen LogP contribution in [0.15, 0.2) is 192 Å². The molecular weight excluding hydrogens is 655 g/mol. The van der Waals surface area contributed by atoms with E-state index in [-0.39, 0.29) is 0 Å².